The fraction of sp³-hybridized carbons (Fsp3) is 0.211. The number of hydrogen-bond donors (Lipinski definition) is 1. The first kappa shape index (κ1) is 17.9. The van der Waals surface area contributed by atoms with Gasteiger partial charge >= 0.3 is 5.97 Å². The minimum absolute atomic E-state index is 0.0688. The van der Waals surface area contributed by atoms with E-state index < -0.39 is 6.04 Å². The molecule has 3 aromatic rings. The van der Waals surface area contributed by atoms with Crippen LogP contribution in [0.2, 0.25) is 0 Å². The summed E-state index contributed by atoms with van der Waals surface area (Å²) in [6.45, 7) is 0. The molecule has 3 rings (SSSR count). The average molecular weight is 370 g/mol. The van der Waals surface area contributed by atoms with Crippen LogP contribution in [0.5, 0.6) is 0 Å². The fourth-order valence-corrected chi connectivity index (χ4v) is 3.25. The van der Waals surface area contributed by atoms with Crippen LogP contribution in [-0.4, -0.2) is 24.0 Å². The van der Waals surface area contributed by atoms with Gasteiger partial charge in [-0.1, -0.05) is 24.3 Å². The lowest BCUT2D eigenvalue weighted by Crippen LogP contribution is -2.31. The summed E-state index contributed by atoms with van der Waals surface area (Å²) in [5.41, 5.74) is 1.38. The summed E-state index contributed by atoms with van der Waals surface area (Å²) in [7, 11) is 1.33. The molecule has 1 unspecified atom stereocenters. The summed E-state index contributed by atoms with van der Waals surface area (Å²) in [4.78, 5) is 29.3. The number of nitrogens with zero attached hydrogens (tertiary/aromatic N) is 1. The number of benzene rings is 1. The third kappa shape index (κ3) is 4.58. The second-order valence-electron chi connectivity index (χ2n) is 5.60. The molecule has 0 radical (unpaired) electrons. The summed E-state index contributed by atoms with van der Waals surface area (Å²) in [5, 5.41) is 4.77. The van der Waals surface area contributed by atoms with Crippen LogP contribution in [0.15, 0.2) is 58.5 Å². The van der Waals surface area contributed by atoms with E-state index in [0.717, 1.165) is 10.4 Å². The average Bonchev–Trinajstić information content (AvgIpc) is 3.34. The quantitative estimate of drug-likeness (QED) is 0.645. The molecular formula is C19H18N2O4S. The Labute approximate surface area is 154 Å². The lowest BCUT2D eigenvalue weighted by molar-refractivity contribution is -0.141. The van der Waals surface area contributed by atoms with Gasteiger partial charge in [0.05, 0.1) is 31.7 Å². The number of oxazole rings is 1. The molecule has 7 heteroatoms. The Hall–Kier alpha value is -2.93. The second kappa shape index (κ2) is 8.44. The molecule has 2 heterocycles. The van der Waals surface area contributed by atoms with Gasteiger partial charge in [-0.15, -0.1) is 11.3 Å². The molecule has 0 fully saturated rings. The molecule has 1 amide bonds. The maximum absolute atomic E-state index is 12.4. The lowest BCUT2D eigenvalue weighted by atomic mass is 10.1. The molecule has 0 aliphatic rings. The predicted octanol–water partition coefficient (Wildman–Crippen LogP) is 3.37. The predicted molar refractivity (Wildman–Crippen MR) is 97.5 cm³/mol. The Balaban J connectivity index is 1.65. The van der Waals surface area contributed by atoms with Gasteiger partial charge in [0.1, 0.15) is 6.26 Å². The summed E-state index contributed by atoms with van der Waals surface area (Å²) >= 11 is 1.48. The van der Waals surface area contributed by atoms with Crippen molar-refractivity contribution in [1.29, 1.82) is 0 Å². The van der Waals surface area contributed by atoms with Crippen molar-refractivity contribution < 1.29 is 18.7 Å². The van der Waals surface area contributed by atoms with Gasteiger partial charge in [-0.3, -0.25) is 9.59 Å². The van der Waals surface area contributed by atoms with Gasteiger partial charge < -0.3 is 14.5 Å². The highest BCUT2D eigenvalue weighted by Crippen LogP contribution is 2.23. The van der Waals surface area contributed by atoms with Gasteiger partial charge in [0, 0.05) is 10.4 Å². The molecular weight excluding hydrogens is 352 g/mol. The molecule has 134 valence electrons. The van der Waals surface area contributed by atoms with Gasteiger partial charge in [-0.25, -0.2) is 4.98 Å². The van der Waals surface area contributed by atoms with E-state index in [1.165, 1.54) is 24.7 Å². The molecule has 6 nitrogen and oxygen atoms in total. The van der Waals surface area contributed by atoms with E-state index in [9.17, 15) is 9.59 Å². The van der Waals surface area contributed by atoms with Crippen molar-refractivity contribution >= 4 is 23.2 Å². The molecule has 0 bridgehead atoms. The van der Waals surface area contributed by atoms with Gasteiger partial charge in [0.15, 0.2) is 0 Å². The van der Waals surface area contributed by atoms with Gasteiger partial charge in [0.25, 0.3) is 0 Å². The van der Waals surface area contributed by atoms with E-state index in [2.05, 4.69) is 10.3 Å². The molecule has 0 aliphatic carbocycles. The molecule has 0 saturated carbocycles. The zero-order chi connectivity index (χ0) is 18.4. The molecule has 0 spiro atoms. The van der Waals surface area contributed by atoms with Crippen molar-refractivity contribution in [1.82, 2.24) is 10.3 Å². The highest BCUT2D eigenvalue weighted by atomic mass is 32.1. The van der Waals surface area contributed by atoms with Crippen LogP contribution >= 0.6 is 11.3 Å². The number of carbonyl (C=O) groups is 2. The van der Waals surface area contributed by atoms with Crippen LogP contribution < -0.4 is 5.32 Å². The first-order chi connectivity index (χ1) is 12.7. The van der Waals surface area contributed by atoms with Crippen molar-refractivity contribution in [3.63, 3.8) is 0 Å². The highest BCUT2D eigenvalue weighted by Gasteiger charge is 2.20. The molecule has 26 heavy (non-hydrogen) atoms. The molecule has 1 atom stereocenters. The number of hydrogen-bond acceptors (Lipinski definition) is 6. The van der Waals surface area contributed by atoms with Crippen molar-refractivity contribution in [3.8, 4) is 11.5 Å². The number of thiophene rings is 1. The first-order valence-electron chi connectivity index (χ1n) is 8.05. The number of methoxy groups -OCH3 is 1. The summed E-state index contributed by atoms with van der Waals surface area (Å²) in [6.07, 6.45) is 1.62. The van der Waals surface area contributed by atoms with Crippen molar-refractivity contribution in [3.05, 3.63) is 64.7 Å². The maximum Gasteiger partial charge on any atom is 0.307 e. The molecule has 0 aliphatic heterocycles. The Bertz CT molecular complexity index is 859. The topological polar surface area (TPSA) is 81.4 Å². The Morgan fingerprint density at radius 3 is 2.73 bits per heavy atom. The zero-order valence-electron chi connectivity index (χ0n) is 14.2. The van der Waals surface area contributed by atoms with Crippen molar-refractivity contribution in [2.45, 2.75) is 18.9 Å². The summed E-state index contributed by atoms with van der Waals surface area (Å²) in [5.74, 6) is -0.144. The number of carbonyl (C=O) groups excluding carboxylic acids is 2. The van der Waals surface area contributed by atoms with E-state index in [1.807, 2.05) is 47.8 Å². The number of rotatable bonds is 7. The van der Waals surface area contributed by atoms with Crippen LogP contribution in [-0.2, 0) is 20.7 Å². The van der Waals surface area contributed by atoms with E-state index >= 15 is 0 Å². The van der Waals surface area contributed by atoms with Crippen molar-refractivity contribution in [2.75, 3.05) is 7.11 Å². The monoisotopic (exact) mass is 370 g/mol. The van der Waals surface area contributed by atoms with Crippen LogP contribution in [0, 0.1) is 0 Å². The number of amides is 1. The largest absolute Gasteiger partial charge is 0.469 e. The van der Waals surface area contributed by atoms with Crippen molar-refractivity contribution in [2.24, 2.45) is 0 Å². The molecule has 1 aromatic carbocycles. The van der Waals surface area contributed by atoms with Gasteiger partial charge in [-0.2, -0.15) is 0 Å². The Morgan fingerprint density at radius 1 is 1.23 bits per heavy atom. The van der Waals surface area contributed by atoms with Crippen LogP contribution in [0.1, 0.15) is 23.0 Å². The summed E-state index contributed by atoms with van der Waals surface area (Å²) < 4.78 is 10.2. The lowest BCUT2D eigenvalue weighted by Gasteiger charge is -2.16. The Kier molecular flexibility index (Phi) is 5.80. The second-order valence-corrected chi connectivity index (χ2v) is 6.58. The van der Waals surface area contributed by atoms with Gasteiger partial charge in [0.2, 0.25) is 11.8 Å². The van der Waals surface area contributed by atoms with E-state index in [0.29, 0.717) is 11.6 Å². The standard InChI is InChI=1S/C19H18N2O4S/c1-24-18(23)11-15(16-8-5-9-26-16)21-17(22)10-14-12-25-19(20-14)13-6-3-2-4-7-13/h2-9,12,15H,10-11H2,1H3,(H,21,22). The normalized spacial score (nSPS) is 11.7. The number of esters is 1. The molecule has 1 N–H and O–H groups in total. The Morgan fingerprint density at radius 2 is 2.04 bits per heavy atom. The molecule has 2 aromatic heterocycles. The van der Waals surface area contributed by atoms with Crippen LogP contribution in [0.3, 0.4) is 0 Å². The third-order valence-electron chi connectivity index (χ3n) is 3.73. The molecule has 0 saturated heterocycles. The number of aromatic nitrogens is 1. The smallest absolute Gasteiger partial charge is 0.307 e. The fourth-order valence-electron chi connectivity index (χ4n) is 2.47. The zero-order valence-corrected chi connectivity index (χ0v) is 15.0. The minimum Gasteiger partial charge on any atom is -0.469 e. The SMILES string of the molecule is COC(=O)CC(NC(=O)Cc1coc(-c2ccccc2)n1)c1cccs1. The minimum atomic E-state index is -0.421. The van der Waals surface area contributed by atoms with E-state index in [4.69, 9.17) is 9.15 Å². The van der Waals surface area contributed by atoms with E-state index in [1.54, 1.807) is 0 Å². The maximum atomic E-state index is 12.4. The number of ether oxygens (including phenoxy) is 1. The summed E-state index contributed by atoms with van der Waals surface area (Å²) in [6, 6.07) is 12.8. The van der Waals surface area contributed by atoms with Crippen LogP contribution in [0.4, 0.5) is 0 Å². The first-order valence-corrected chi connectivity index (χ1v) is 8.93. The third-order valence-corrected chi connectivity index (χ3v) is 4.72. The van der Waals surface area contributed by atoms with E-state index in [-0.39, 0.29) is 24.7 Å². The van der Waals surface area contributed by atoms with Crippen LogP contribution in [0.25, 0.3) is 11.5 Å². The van der Waals surface area contributed by atoms with Gasteiger partial charge in [-0.05, 0) is 23.6 Å². The highest BCUT2D eigenvalue weighted by molar-refractivity contribution is 7.10. The number of nitrogens with one attached hydrogen (secondary N) is 1.